The van der Waals surface area contributed by atoms with Gasteiger partial charge in [0.1, 0.15) is 6.04 Å². The van der Waals surface area contributed by atoms with E-state index in [0.717, 1.165) is 0 Å². The second-order valence-electron chi connectivity index (χ2n) is 4.76. The van der Waals surface area contributed by atoms with Gasteiger partial charge in [-0.15, -0.1) is 0 Å². The first-order valence-electron chi connectivity index (χ1n) is 6.26. The summed E-state index contributed by atoms with van der Waals surface area (Å²) in [7, 11) is 0. The number of carbonyl (C=O) groups is 1. The molecule has 2 rings (SSSR count). The smallest absolute Gasteiger partial charge is 0.320 e. The molecular weight excluding hydrogens is 274 g/mol. The van der Waals surface area contributed by atoms with E-state index in [-0.39, 0.29) is 12.1 Å². The summed E-state index contributed by atoms with van der Waals surface area (Å²) in [6.07, 6.45) is 1.60. The molecule has 0 aliphatic heterocycles. The average Bonchev–Trinajstić information content (AvgIpc) is 2.74. The summed E-state index contributed by atoms with van der Waals surface area (Å²) < 4.78 is 0. The van der Waals surface area contributed by atoms with Crippen LogP contribution in [0.25, 0.3) is 17.0 Å². The quantitative estimate of drug-likeness (QED) is 0.573. The van der Waals surface area contributed by atoms with Gasteiger partial charge in [-0.2, -0.15) is 0 Å². The SMILES string of the molecule is C=Cc1ccc([N+](=O)[O-])c2c(CC(N)C(=O)O)c(C)[nH]c12. The molecule has 0 aliphatic carbocycles. The number of nitrogens with one attached hydrogen (secondary N) is 1. The summed E-state index contributed by atoms with van der Waals surface area (Å²) >= 11 is 0. The third-order valence-electron chi connectivity index (χ3n) is 3.44. The van der Waals surface area contributed by atoms with Crippen molar-refractivity contribution in [3.63, 3.8) is 0 Å². The summed E-state index contributed by atoms with van der Waals surface area (Å²) in [5.41, 5.74) is 7.99. The molecule has 4 N–H and O–H groups in total. The number of non-ortho nitro benzene ring substituents is 1. The van der Waals surface area contributed by atoms with Crippen LogP contribution < -0.4 is 5.73 Å². The maximum absolute atomic E-state index is 11.2. The van der Waals surface area contributed by atoms with Crippen LogP contribution in [0.4, 0.5) is 5.69 Å². The lowest BCUT2D eigenvalue weighted by molar-refractivity contribution is -0.383. The third-order valence-corrected chi connectivity index (χ3v) is 3.44. The molecule has 1 aromatic carbocycles. The van der Waals surface area contributed by atoms with Crippen molar-refractivity contribution in [1.82, 2.24) is 4.98 Å². The Morgan fingerprint density at radius 2 is 2.29 bits per heavy atom. The zero-order valence-electron chi connectivity index (χ0n) is 11.4. The Balaban J connectivity index is 2.75. The minimum Gasteiger partial charge on any atom is -0.480 e. The largest absolute Gasteiger partial charge is 0.480 e. The van der Waals surface area contributed by atoms with E-state index in [1.165, 1.54) is 6.07 Å². The minimum absolute atomic E-state index is 0.0165. The van der Waals surface area contributed by atoms with Crippen molar-refractivity contribution in [2.24, 2.45) is 5.73 Å². The molecule has 2 aromatic rings. The number of hydrogen-bond donors (Lipinski definition) is 3. The number of hydrogen-bond acceptors (Lipinski definition) is 4. The van der Waals surface area contributed by atoms with Crippen molar-refractivity contribution in [1.29, 1.82) is 0 Å². The Morgan fingerprint density at radius 3 is 2.81 bits per heavy atom. The first-order chi connectivity index (χ1) is 9.86. The Bertz CT molecular complexity index is 748. The fourth-order valence-corrected chi connectivity index (χ4v) is 2.38. The van der Waals surface area contributed by atoms with Crippen LogP contribution in [0.5, 0.6) is 0 Å². The van der Waals surface area contributed by atoms with Gasteiger partial charge in [0.15, 0.2) is 0 Å². The van der Waals surface area contributed by atoms with Crippen LogP contribution >= 0.6 is 0 Å². The first-order valence-corrected chi connectivity index (χ1v) is 6.26. The van der Waals surface area contributed by atoms with Gasteiger partial charge in [0.25, 0.3) is 5.69 Å². The number of aliphatic carboxylic acids is 1. The van der Waals surface area contributed by atoms with E-state index >= 15 is 0 Å². The number of aromatic amines is 1. The summed E-state index contributed by atoms with van der Waals surface area (Å²) in [6, 6.07) is 1.88. The molecule has 0 aliphatic rings. The van der Waals surface area contributed by atoms with Gasteiger partial charge in [-0.3, -0.25) is 14.9 Å². The molecular formula is C14H15N3O4. The van der Waals surface area contributed by atoms with Crippen molar-refractivity contribution in [3.8, 4) is 0 Å². The molecule has 1 unspecified atom stereocenters. The van der Waals surface area contributed by atoms with E-state index in [2.05, 4.69) is 11.6 Å². The number of carboxylic acid groups (broad SMARTS) is 1. The highest BCUT2D eigenvalue weighted by molar-refractivity contribution is 5.98. The van der Waals surface area contributed by atoms with Crippen LogP contribution in [-0.2, 0) is 11.2 Å². The summed E-state index contributed by atoms with van der Waals surface area (Å²) in [6.45, 7) is 5.41. The summed E-state index contributed by atoms with van der Waals surface area (Å²) in [5, 5.41) is 20.5. The van der Waals surface area contributed by atoms with E-state index in [9.17, 15) is 14.9 Å². The number of nitrogens with zero attached hydrogens (tertiary/aromatic N) is 1. The number of aryl methyl sites for hydroxylation is 1. The van der Waals surface area contributed by atoms with Crippen LogP contribution in [0, 0.1) is 17.0 Å². The van der Waals surface area contributed by atoms with Crippen molar-refractivity contribution in [2.45, 2.75) is 19.4 Å². The number of nitro groups is 1. The zero-order valence-corrected chi connectivity index (χ0v) is 11.4. The number of fused-ring (bicyclic) bond motifs is 1. The topological polar surface area (TPSA) is 122 Å². The predicted octanol–water partition coefficient (Wildman–Crippen LogP) is 1.98. The van der Waals surface area contributed by atoms with Gasteiger partial charge in [0, 0.05) is 18.2 Å². The van der Waals surface area contributed by atoms with Crippen LogP contribution in [0.15, 0.2) is 18.7 Å². The second-order valence-corrected chi connectivity index (χ2v) is 4.76. The van der Waals surface area contributed by atoms with Gasteiger partial charge in [-0.1, -0.05) is 12.7 Å². The Morgan fingerprint density at radius 1 is 1.62 bits per heavy atom. The monoisotopic (exact) mass is 289 g/mol. The van der Waals surface area contributed by atoms with Crippen molar-refractivity contribution >= 4 is 28.6 Å². The van der Waals surface area contributed by atoms with Crippen LogP contribution in [-0.4, -0.2) is 27.0 Å². The number of nitro benzene ring substituents is 1. The molecule has 0 fully saturated rings. The lowest BCUT2D eigenvalue weighted by Gasteiger charge is -2.07. The summed E-state index contributed by atoms with van der Waals surface area (Å²) in [4.78, 5) is 24.7. The lowest BCUT2D eigenvalue weighted by atomic mass is 10.00. The molecule has 21 heavy (non-hydrogen) atoms. The fraction of sp³-hybridized carbons (Fsp3) is 0.214. The number of rotatable bonds is 5. The highest BCUT2D eigenvalue weighted by Gasteiger charge is 2.24. The van der Waals surface area contributed by atoms with Gasteiger partial charge in [0.2, 0.25) is 0 Å². The third kappa shape index (κ3) is 2.50. The molecule has 110 valence electrons. The molecule has 7 heteroatoms. The van der Waals surface area contributed by atoms with Crippen molar-refractivity contribution < 1.29 is 14.8 Å². The maximum atomic E-state index is 11.2. The summed E-state index contributed by atoms with van der Waals surface area (Å²) in [5.74, 6) is -1.15. The molecule has 0 bridgehead atoms. The minimum atomic E-state index is -1.15. The Hall–Kier alpha value is -2.67. The van der Waals surface area contributed by atoms with Gasteiger partial charge < -0.3 is 15.8 Å². The van der Waals surface area contributed by atoms with E-state index in [1.807, 2.05) is 0 Å². The van der Waals surface area contributed by atoms with Crippen LogP contribution in [0.3, 0.4) is 0 Å². The lowest BCUT2D eigenvalue weighted by Crippen LogP contribution is -2.32. The Kier molecular flexibility index (Phi) is 3.77. The highest BCUT2D eigenvalue weighted by Crippen LogP contribution is 2.34. The van der Waals surface area contributed by atoms with Gasteiger partial charge in [-0.25, -0.2) is 0 Å². The number of nitrogens with two attached hydrogens (primary N) is 1. The van der Waals surface area contributed by atoms with Gasteiger partial charge >= 0.3 is 5.97 Å². The van der Waals surface area contributed by atoms with E-state index < -0.39 is 16.9 Å². The molecule has 0 saturated heterocycles. The van der Waals surface area contributed by atoms with E-state index in [4.69, 9.17) is 10.8 Å². The predicted molar refractivity (Wildman–Crippen MR) is 79.1 cm³/mol. The second kappa shape index (κ2) is 5.37. The molecule has 1 heterocycles. The molecule has 1 atom stereocenters. The van der Waals surface area contributed by atoms with E-state index in [0.29, 0.717) is 27.7 Å². The highest BCUT2D eigenvalue weighted by atomic mass is 16.6. The first kappa shape index (κ1) is 14.7. The fourth-order valence-electron chi connectivity index (χ4n) is 2.38. The number of carboxylic acids is 1. The number of H-pyrrole nitrogens is 1. The molecule has 0 amide bonds. The van der Waals surface area contributed by atoms with Crippen LogP contribution in [0.1, 0.15) is 16.8 Å². The van der Waals surface area contributed by atoms with Crippen LogP contribution in [0.2, 0.25) is 0 Å². The number of benzene rings is 1. The van der Waals surface area contributed by atoms with Crippen molar-refractivity contribution in [3.05, 3.63) is 45.6 Å². The Labute approximate surface area is 120 Å². The van der Waals surface area contributed by atoms with Gasteiger partial charge in [0.05, 0.1) is 15.8 Å². The van der Waals surface area contributed by atoms with Gasteiger partial charge in [-0.05, 0) is 24.1 Å². The molecule has 1 aromatic heterocycles. The van der Waals surface area contributed by atoms with E-state index in [1.54, 1.807) is 19.1 Å². The molecule has 0 radical (unpaired) electrons. The maximum Gasteiger partial charge on any atom is 0.320 e. The standard InChI is InChI=1S/C14H15N3O4/c1-3-8-4-5-11(17(20)21)12-9(6-10(15)14(18)19)7(2)16-13(8)12/h3-5,10,16H,1,6,15H2,2H3,(H,18,19). The molecule has 0 saturated carbocycles. The molecule has 0 spiro atoms. The molecule has 7 nitrogen and oxygen atoms in total. The normalized spacial score (nSPS) is 12.3. The number of aromatic nitrogens is 1. The average molecular weight is 289 g/mol. The zero-order chi connectivity index (χ0) is 15.7. The van der Waals surface area contributed by atoms with Crippen molar-refractivity contribution in [2.75, 3.05) is 0 Å².